The van der Waals surface area contributed by atoms with E-state index in [2.05, 4.69) is 31.5 Å². The molecule has 0 bridgehead atoms. The summed E-state index contributed by atoms with van der Waals surface area (Å²) in [4.78, 5) is 15.0. The first-order chi connectivity index (χ1) is 12.6. The van der Waals surface area contributed by atoms with Crippen LogP contribution in [0, 0.1) is 6.92 Å². The SMILES string of the molecule is Cc1cc(C(=O)Nc2cc3c(c(N4CCNCC4)c2)OCC3)ccc1Br. The second-order valence-electron chi connectivity index (χ2n) is 6.74. The quantitative estimate of drug-likeness (QED) is 0.806. The molecule has 2 aliphatic heterocycles. The van der Waals surface area contributed by atoms with E-state index in [-0.39, 0.29) is 5.91 Å². The number of anilines is 2. The van der Waals surface area contributed by atoms with Crippen molar-refractivity contribution in [2.24, 2.45) is 0 Å². The molecule has 0 spiro atoms. The third-order valence-corrected chi connectivity index (χ3v) is 5.79. The van der Waals surface area contributed by atoms with Crippen LogP contribution in [0.15, 0.2) is 34.8 Å². The van der Waals surface area contributed by atoms with Gasteiger partial charge in [-0.15, -0.1) is 0 Å². The second kappa shape index (κ2) is 7.29. The lowest BCUT2D eigenvalue weighted by atomic mass is 10.1. The van der Waals surface area contributed by atoms with Gasteiger partial charge in [-0.25, -0.2) is 0 Å². The summed E-state index contributed by atoms with van der Waals surface area (Å²) in [7, 11) is 0. The van der Waals surface area contributed by atoms with Crippen LogP contribution < -0.4 is 20.3 Å². The first-order valence-corrected chi connectivity index (χ1v) is 9.74. The molecule has 2 heterocycles. The summed E-state index contributed by atoms with van der Waals surface area (Å²) in [5.41, 5.74) is 4.79. The van der Waals surface area contributed by atoms with Gasteiger partial charge in [0.2, 0.25) is 0 Å². The van der Waals surface area contributed by atoms with E-state index in [1.165, 1.54) is 5.56 Å². The molecule has 136 valence electrons. The van der Waals surface area contributed by atoms with E-state index in [0.717, 1.165) is 59.8 Å². The van der Waals surface area contributed by atoms with Gasteiger partial charge < -0.3 is 20.3 Å². The van der Waals surface area contributed by atoms with Crippen LogP contribution in [-0.4, -0.2) is 38.7 Å². The van der Waals surface area contributed by atoms with Crippen LogP contribution in [0.5, 0.6) is 5.75 Å². The summed E-state index contributed by atoms with van der Waals surface area (Å²) in [5, 5.41) is 6.44. The lowest BCUT2D eigenvalue weighted by Gasteiger charge is -2.31. The molecule has 26 heavy (non-hydrogen) atoms. The number of rotatable bonds is 3. The fourth-order valence-electron chi connectivity index (χ4n) is 3.49. The largest absolute Gasteiger partial charge is 0.491 e. The summed E-state index contributed by atoms with van der Waals surface area (Å²) in [5.74, 6) is 0.884. The molecule has 6 heteroatoms. The zero-order chi connectivity index (χ0) is 18.1. The van der Waals surface area contributed by atoms with E-state index in [1.54, 1.807) is 0 Å². The summed E-state index contributed by atoms with van der Waals surface area (Å²) in [6.07, 6.45) is 0.884. The van der Waals surface area contributed by atoms with Crippen molar-refractivity contribution in [1.82, 2.24) is 5.32 Å². The third kappa shape index (κ3) is 3.44. The van der Waals surface area contributed by atoms with Gasteiger partial charge in [0.25, 0.3) is 5.91 Å². The fraction of sp³-hybridized carbons (Fsp3) is 0.350. The van der Waals surface area contributed by atoms with Crippen molar-refractivity contribution in [1.29, 1.82) is 0 Å². The molecular formula is C20H22BrN3O2. The Labute approximate surface area is 161 Å². The smallest absolute Gasteiger partial charge is 0.255 e. The van der Waals surface area contributed by atoms with E-state index in [0.29, 0.717) is 12.2 Å². The van der Waals surface area contributed by atoms with Crippen molar-refractivity contribution in [3.63, 3.8) is 0 Å². The second-order valence-corrected chi connectivity index (χ2v) is 7.59. The topological polar surface area (TPSA) is 53.6 Å². The van der Waals surface area contributed by atoms with Gasteiger partial charge in [0.1, 0.15) is 5.75 Å². The Balaban J connectivity index is 1.62. The first kappa shape index (κ1) is 17.4. The highest BCUT2D eigenvalue weighted by Crippen LogP contribution is 2.39. The molecular weight excluding hydrogens is 394 g/mol. The summed E-state index contributed by atoms with van der Waals surface area (Å²) >= 11 is 3.48. The van der Waals surface area contributed by atoms with Gasteiger partial charge in [-0.05, 0) is 42.8 Å². The number of hydrogen-bond acceptors (Lipinski definition) is 4. The van der Waals surface area contributed by atoms with E-state index in [1.807, 2.05) is 37.3 Å². The molecule has 1 saturated heterocycles. The lowest BCUT2D eigenvalue weighted by Crippen LogP contribution is -2.43. The van der Waals surface area contributed by atoms with Crippen LogP contribution in [-0.2, 0) is 6.42 Å². The number of benzene rings is 2. The molecule has 1 fully saturated rings. The highest BCUT2D eigenvalue weighted by atomic mass is 79.9. The molecule has 0 radical (unpaired) electrons. The van der Waals surface area contributed by atoms with Gasteiger partial charge in [0.05, 0.1) is 12.3 Å². The van der Waals surface area contributed by atoms with Crippen molar-refractivity contribution >= 4 is 33.2 Å². The number of halogens is 1. The minimum atomic E-state index is -0.0919. The lowest BCUT2D eigenvalue weighted by molar-refractivity contribution is 0.102. The number of nitrogens with one attached hydrogen (secondary N) is 2. The fourth-order valence-corrected chi connectivity index (χ4v) is 3.74. The maximum absolute atomic E-state index is 12.7. The molecule has 2 aliphatic rings. The van der Waals surface area contributed by atoms with Gasteiger partial charge in [0.15, 0.2) is 0 Å². The Morgan fingerprint density at radius 1 is 1.23 bits per heavy atom. The van der Waals surface area contributed by atoms with Gasteiger partial charge in [-0.2, -0.15) is 0 Å². The summed E-state index contributed by atoms with van der Waals surface area (Å²) in [6.45, 7) is 6.50. The number of piperazine rings is 1. The molecule has 0 saturated carbocycles. The van der Waals surface area contributed by atoms with E-state index in [9.17, 15) is 4.79 Å². The van der Waals surface area contributed by atoms with Crippen LogP contribution in [0.4, 0.5) is 11.4 Å². The average Bonchev–Trinajstić information content (AvgIpc) is 3.12. The van der Waals surface area contributed by atoms with Crippen molar-refractivity contribution < 1.29 is 9.53 Å². The summed E-state index contributed by atoms with van der Waals surface area (Å²) in [6, 6.07) is 9.72. The molecule has 2 N–H and O–H groups in total. The number of fused-ring (bicyclic) bond motifs is 1. The first-order valence-electron chi connectivity index (χ1n) is 8.95. The Kier molecular flexibility index (Phi) is 4.87. The van der Waals surface area contributed by atoms with Crippen LogP contribution in [0.1, 0.15) is 21.5 Å². The standard InChI is InChI=1S/C20H22BrN3O2/c1-13-10-15(2-3-17(13)21)20(25)23-16-11-14-4-9-26-19(14)18(12-16)24-7-5-22-6-8-24/h2-3,10-12,22H,4-9H2,1H3,(H,23,25). The Hall–Kier alpha value is -2.05. The van der Waals surface area contributed by atoms with Crippen LogP contribution in [0.3, 0.4) is 0 Å². The van der Waals surface area contributed by atoms with E-state index in [4.69, 9.17) is 4.74 Å². The Bertz CT molecular complexity index is 847. The normalized spacial score (nSPS) is 16.2. The molecule has 0 aromatic heterocycles. The number of ether oxygens (including phenoxy) is 1. The minimum Gasteiger partial charge on any atom is -0.491 e. The molecule has 2 aromatic rings. The number of aryl methyl sites for hydroxylation is 1. The molecule has 0 aliphatic carbocycles. The Morgan fingerprint density at radius 3 is 2.81 bits per heavy atom. The molecule has 4 rings (SSSR count). The zero-order valence-corrected chi connectivity index (χ0v) is 16.4. The molecule has 5 nitrogen and oxygen atoms in total. The number of carbonyl (C=O) groups is 1. The Morgan fingerprint density at radius 2 is 2.04 bits per heavy atom. The van der Waals surface area contributed by atoms with Crippen molar-refractivity contribution in [3.05, 3.63) is 51.5 Å². The average molecular weight is 416 g/mol. The minimum absolute atomic E-state index is 0.0919. The highest BCUT2D eigenvalue weighted by molar-refractivity contribution is 9.10. The van der Waals surface area contributed by atoms with Gasteiger partial charge in [0, 0.05) is 53.9 Å². The number of hydrogen-bond donors (Lipinski definition) is 2. The molecule has 2 aromatic carbocycles. The van der Waals surface area contributed by atoms with Crippen molar-refractivity contribution in [2.75, 3.05) is 43.0 Å². The number of carbonyl (C=O) groups excluding carboxylic acids is 1. The maximum atomic E-state index is 12.7. The predicted octanol–water partition coefficient (Wildman–Crippen LogP) is 3.35. The van der Waals surface area contributed by atoms with Crippen molar-refractivity contribution in [3.8, 4) is 5.75 Å². The number of amides is 1. The third-order valence-electron chi connectivity index (χ3n) is 4.90. The predicted molar refractivity (Wildman–Crippen MR) is 108 cm³/mol. The molecule has 0 unspecified atom stereocenters. The van der Waals surface area contributed by atoms with Crippen molar-refractivity contribution in [2.45, 2.75) is 13.3 Å². The van der Waals surface area contributed by atoms with E-state index >= 15 is 0 Å². The van der Waals surface area contributed by atoms with E-state index < -0.39 is 0 Å². The zero-order valence-electron chi connectivity index (χ0n) is 14.8. The van der Waals surface area contributed by atoms with Crippen LogP contribution in [0.25, 0.3) is 0 Å². The van der Waals surface area contributed by atoms with Gasteiger partial charge >= 0.3 is 0 Å². The highest BCUT2D eigenvalue weighted by Gasteiger charge is 2.23. The monoisotopic (exact) mass is 415 g/mol. The summed E-state index contributed by atoms with van der Waals surface area (Å²) < 4.78 is 6.88. The molecule has 1 amide bonds. The van der Waals surface area contributed by atoms with Gasteiger partial charge in [-0.1, -0.05) is 15.9 Å². The van der Waals surface area contributed by atoms with Crippen LogP contribution in [0.2, 0.25) is 0 Å². The molecule has 0 atom stereocenters. The van der Waals surface area contributed by atoms with Gasteiger partial charge in [-0.3, -0.25) is 4.79 Å². The number of nitrogens with zero attached hydrogens (tertiary/aromatic N) is 1. The van der Waals surface area contributed by atoms with Crippen LogP contribution >= 0.6 is 15.9 Å². The maximum Gasteiger partial charge on any atom is 0.255 e.